The van der Waals surface area contributed by atoms with Crippen LogP contribution in [-0.2, 0) is 24.5 Å². The molecule has 0 saturated heterocycles. The van der Waals surface area contributed by atoms with E-state index in [1.165, 1.54) is 7.11 Å². The fourth-order valence-corrected chi connectivity index (χ4v) is 5.40. The number of rotatable bonds is 4. The number of nitrogens with one attached hydrogen (secondary N) is 1. The summed E-state index contributed by atoms with van der Waals surface area (Å²) >= 11 is 0. The smallest absolute Gasteiger partial charge is 0.410 e. The summed E-state index contributed by atoms with van der Waals surface area (Å²) in [5.41, 5.74) is -1.15. The van der Waals surface area contributed by atoms with Gasteiger partial charge in [-0.15, -0.1) is 0 Å². The van der Waals surface area contributed by atoms with Crippen molar-refractivity contribution in [3.8, 4) is 0 Å². The Morgan fingerprint density at radius 1 is 1.16 bits per heavy atom. The normalized spacial score (nSPS) is 26.8. The van der Waals surface area contributed by atoms with Gasteiger partial charge in [-0.1, -0.05) is 18.2 Å². The Kier molecular flexibility index (Phi) is 5.86. The molecule has 1 heterocycles. The summed E-state index contributed by atoms with van der Waals surface area (Å²) in [5.74, 6) is -0.801. The van der Waals surface area contributed by atoms with Crippen molar-refractivity contribution in [1.82, 2.24) is 4.90 Å². The van der Waals surface area contributed by atoms with E-state index in [9.17, 15) is 14.4 Å². The van der Waals surface area contributed by atoms with Crippen molar-refractivity contribution in [2.24, 2.45) is 11.3 Å². The minimum Gasteiger partial charge on any atom is -0.469 e. The van der Waals surface area contributed by atoms with Gasteiger partial charge in [0.2, 0.25) is 5.91 Å². The summed E-state index contributed by atoms with van der Waals surface area (Å²) < 4.78 is 10.9. The summed E-state index contributed by atoms with van der Waals surface area (Å²) in [4.78, 5) is 40.8. The lowest BCUT2D eigenvalue weighted by Crippen LogP contribution is -2.69. The van der Waals surface area contributed by atoms with Crippen molar-refractivity contribution in [3.63, 3.8) is 0 Å². The number of hydrogen-bond acceptors (Lipinski definition) is 5. The van der Waals surface area contributed by atoms with E-state index in [2.05, 4.69) is 5.32 Å². The molecule has 1 fully saturated rings. The van der Waals surface area contributed by atoms with Crippen LogP contribution in [0, 0.1) is 11.3 Å². The van der Waals surface area contributed by atoms with Gasteiger partial charge >= 0.3 is 12.1 Å². The zero-order valence-electron chi connectivity index (χ0n) is 20.5. The first-order valence-corrected chi connectivity index (χ1v) is 11.2. The average Bonchev–Trinajstić information content (AvgIpc) is 2.66. The second-order valence-electron chi connectivity index (χ2n) is 11.1. The van der Waals surface area contributed by atoms with E-state index < -0.39 is 28.1 Å². The van der Waals surface area contributed by atoms with Crippen LogP contribution in [0.25, 0.3) is 0 Å². The van der Waals surface area contributed by atoms with Gasteiger partial charge in [0.1, 0.15) is 5.60 Å². The van der Waals surface area contributed by atoms with E-state index >= 15 is 0 Å². The van der Waals surface area contributed by atoms with Gasteiger partial charge in [-0.25, -0.2) is 4.79 Å². The Bertz CT molecular complexity index is 929. The first-order valence-electron chi connectivity index (χ1n) is 11.2. The number of benzene rings is 1. The number of carbonyl (C=O) groups is 3. The molecule has 1 aromatic rings. The monoisotopic (exact) mass is 444 g/mol. The highest BCUT2D eigenvalue weighted by molar-refractivity contribution is 6.01. The number of nitrogens with zero attached hydrogens (tertiary/aromatic N) is 1. The van der Waals surface area contributed by atoms with Gasteiger partial charge in [-0.05, 0) is 72.9 Å². The van der Waals surface area contributed by atoms with Crippen molar-refractivity contribution in [2.45, 2.75) is 77.9 Å². The number of amides is 2. The van der Waals surface area contributed by atoms with Crippen molar-refractivity contribution in [3.05, 3.63) is 29.8 Å². The molecule has 3 rings (SSSR count). The van der Waals surface area contributed by atoms with Crippen LogP contribution in [0.5, 0.6) is 0 Å². The maximum atomic E-state index is 13.1. The van der Waals surface area contributed by atoms with Gasteiger partial charge in [0.15, 0.2) is 0 Å². The summed E-state index contributed by atoms with van der Waals surface area (Å²) in [6, 6.07) is 7.61. The number of methoxy groups -OCH3 is 1. The summed E-state index contributed by atoms with van der Waals surface area (Å²) in [6.07, 6.45) is 0.428. The van der Waals surface area contributed by atoms with Crippen molar-refractivity contribution >= 4 is 23.7 Å². The van der Waals surface area contributed by atoms with E-state index in [4.69, 9.17) is 9.47 Å². The van der Waals surface area contributed by atoms with Gasteiger partial charge in [-0.2, -0.15) is 0 Å². The largest absolute Gasteiger partial charge is 0.469 e. The van der Waals surface area contributed by atoms with E-state index in [1.54, 1.807) is 4.90 Å². The lowest BCUT2D eigenvalue weighted by atomic mass is 9.39. The number of fused-ring (bicyclic) bond motifs is 3. The summed E-state index contributed by atoms with van der Waals surface area (Å²) in [7, 11) is 1.38. The molecule has 2 aliphatic rings. The Morgan fingerprint density at radius 3 is 2.34 bits per heavy atom. The molecular weight excluding hydrogens is 408 g/mol. The van der Waals surface area contributed by atoms with E-state index in [0.717, 1.165) is 5.56 Å². The molecule has 1 aromatic carbocycles. The fraction of sp³-hybridized carbons (Fsp3) is 0.640. The molecule has 0 unspecified atom stereocenters. The van der Waals surface area contributed by atoms with Crippen LogP contribution in [0.4, 0.5) is 10.5 Å². The molecule has 1 saturated carbocycles. The Balaban J connectivity index is 2.05. The number of anilines is 1. The highest BCUT2D eigenvalue weighted by atomic mass is 16.6. The standard InChI is InChI=1S/C25H36N2O5/c1-22(2,3)27(21(30)32-23(4,5)6)14-13-25-16-11-9-10-12-18(16)26-19(28)17(25)15-24(25,7)20(29)31-8/h9-12,17H,13-15H2,1-8H3,(H,26,28)/t17-,24-,25+/m1/s1. The maximum absolute atomic E-state index is 13.1. The molecule has 3 atom stereocenters. The molecular formula is C25H36N2O5. The molecule has 2 amide bonds. The molecule has 7 heteroatoms. The molecule has 32 heavy (non-hydrogen) atoms. The summed E-state index contributed by atoms with van der Waals surface area (Å²) in [5, 5.41) is 2.99. The minimum atomic E-state index is -0.877. The first-order chi connectivity index (χ1) is 14.7. The molecule has 0 radical (unpaired) electrons. The number of esters is 1. The lowest BCUT2D eigenvalue weighted by molar-refractivity contribution is -0.179. The van der Waals surface area contributed by atoms with Crippen LogP contribution in [0.15, 0.2) is 24.3 Å². The molecule has 0 aromatic heterocycles. The first kappa shape index (κ1) is 24.1. The Morgan fingerprint density at radius 2 is 1.78 bits per heavy atom. The van der Waals surface area contributed by atoms with E-state index in [-0.39, 0.29) is 17.8 Å². The third-order valence-corrected chi connectivity index (χ3v) is 6.96. The van der Waals surface area contributed by atoms with Gasteiger partial charge in [0.25, 0.3) is 0 Å². The average molecular weight is 445 g/mol. The number of carbonyl (C=O) groups excluding carboxylic acids is 3. The third kappa shape index (κ3) is 3.76. The predicted molar refractivity (Wildman–Crippen MR) is 122 cm³/mol. The van der Waals surface area contributed by atoms with E-state index in [1.807, 2.05) is 72.7 Å². The van der Waals surface area contributed by atoms with Crippen LogP contribution < -0.4 is 5.32 Å². The Labute approximate surface area is 190 Å². The molecule has 1 aliphatic heterocycles. The maximum Gasteiger partial charge on any atom is 0.410 e. The molecule has 1 N–H and O–H groups in total. The fourth-order valence-electron chi connectivity index (χ4n) is 5.40. The van der Waals surface area contributed by atoms with Gasteiger partial charge < -0.3 is 19.7 Å². The quantitative estimate of drug-likeness (QED) is 0.691. The number of hydrogen-bond donors (Lipinski definition) is 1. The molecule has 7 nitrogen and oxygen atoms in total. The highest BCUT2D eigenvalue weighted by Gasteiger charge is 2.71. The Hall–Kier alpha value is -2.57. The minimum absolute atomic E-state index is 0.0929. The molecule has 1 aliphatic carbocycles. The summed E-state index contributed by atoms with van der Waals surface area (Å²) in [6.45, 7) is 13.6. The predicted octanol–water partition coefficient (Wildman–Crippen LogP) is 4.50. The van der Waals surface area contributed by atoms with Crippen LogP contribution >= 0.6 is 0 Å². The highest BCUT2D eigenvalue weighted by Crippen LogP contribution is 2.67. The van der Waals surface area contributed by atoms with Gasteiger partial charge in [0.05, 0.1) is 18.4 Å². The van der Waals surface area contributed by atoms with Crippen molar-refractivity contribution in [1.29, 1.82) is 0 Å². The molecule has 0 bridgehead atoms. The van der Waals surface area contributed by atoms with Gasteiger partial charge in [0, 0.05) is 23.2 Å². The molecule has 176 valence electrons. The van der Waals surface area contributed by atoms with Crippen molar-refractivity contribution in [2.75, 3.05) is 19.0 Å². The third-order valence-electron chi connectivity index (χ3n) is 6.96. The molecule has 0 spiro atoms. The van der Waals surface area contributed by atoms with Crippen LogP contribution in [0.3, 0.4) is 0 Å². The number of ether oxygens (including phenoxy) is 2. The zero-order chi connectivity index (χ0) is 24.1. The van der Waals surface area contributed by atoms with E-state index in [0.29, 0.717) is 25.1 Å². The SMILES string of the molecule is COC(=O)[C@@]1(C)C[C@@H]2C(=O)Nc3ccccc3[C@@]21CCN(C(=O)OC(C)(C)C)C(C)(C)C. The lowest BCUT2D eigenvalue weighted by Gasteiger charge is -2.63. The van der Waals surface area contributed by atoms with Crippen LogP contribution in [0.1, 0.15) is 66.9 Å². The van der Waals surface area contributed by atoms with Gasteiger partial charge in [-0.3, -0.25) is 9.59 Å². The topological polar surface area (TPSA) is 84.9 Å². The second-order valence-corrected chi connectivity index (χ2v) is 11.1. The van der Waals surface area contributed by atoms with Crippen LogP contribution in [0.2, 0.25) is 0 Å². The zero-order valence-corrected chi connectivity index (χ0v) is 20.5. The van der Waals surface area contributed by atoms with Crippen LogP contribution in [-0.4, -0.2) is 47.7 Å². The van der Waals surface area contributed by atoms with Crippen molar-refractivity contribution < 1.29 is 23.9 Å². The number of para-hydroxylation sites is 1. The second kappa shape index (κ2) is 7.78.